The van der Waals surface area contributed by atoms with Crippen LogP contribution < -0.4 is 5.32 Å². The van der Waals surface area contributed by atoms with E-state index in [1.807, 2.05) is 33.9 Å². The highest BCUT2D eigenvalue weighted by Gasteiger charge is 2.12. The van der Waals surface area contributed by atoms with E-state index in [1.54, 1.807) is 0 Å². The molecule has 0 bridgehead atoms. The Morgan fingerprint density at radius 1 is 1.50 bits per heavy atom. The zero-order valence-electron chi connectivity index (χ0n) is 11.7. The van der Waals surface area contributed by atoms with Crippen LogP contribution in [0, 0.1) is 6.92 Å². The van der Waals surface area contributed by atoms with Crippen LogP contribution in [0.1, 0.15) is 38.4 Å². The number of aromatic nitrogens is 2. The summed E-state index contributed by atoms with van der Waals surface area (Å²) < 4.78 is 5.39. The third-order valence-corrected chi connectivity index (χ3v) is 2.52. The Bertz CT molecular complexity index is 380. The third-order valence-electron chi connectivity index (χ3n) is 2.52. The number of H-pyrrole nitrogens is 1. The molecule has 0 radical (unpaired) electrons. The van der Waals surface area contributed by atoms with Gasteiger partial charge in [-0.3, -0.25) is 9.89 Å². The molecular formula is C13H23N3O2. The molecule has 1 aromatic heterocycles. The number of carbonyl (C=O) groups excluding carboxylic acids is 1. The molecule has 1 heterocycles. The zero-order valence-corrected chi connectivity index (χ0v) is 11.7. The molecule has 0 spiro atoms. The molecule has 0 atom stereocenters. The van der Waals surface area contributed by atoms with E-state index in [4.69, 9.17) is 4.74 Å². The first kappa shape index (κ1) is 14.7. The number of nitrogens with zero attached hydrogens (tertiary/aromatic N) is 1. The van der Waals surface area contributed by atoms with Gasteiger partial charge >= 0.3 is 0 Å². The van der Waals surface area contributed by atoms with Gasteiger partial charge in [0.05, 0.1) is 11.8 Å². The highest BCUT2D eigenvalue weighted by Crippen LogP contribution is 2.06. The minimum absolute atomic E-state index is 0.0613. The first-order valence-electron chi connectivity index (χ1n) is 6.28. The lowest BCUT2D eigenvalue weighted by Crippen LogP contribution is -2.32. The fourth-order valence-electron chi connectivity index (χ4n) is 1.47. The number of aryl methyl sites for hydroxylation is 2. The summed E-state index contributed by atoms with van der Waals surface area (Å²) in [4.78, 5) is 11.5. The van der Waals surface area contributed by atoms with Crippen molar-refractivity contribution in [3.05, 3.63) is 17.5 Å². The molecule has 1 amide bonds. The third kappa shape index (κ3) is 5.82. The van der Waals surface area contributed by atoms with Crippen molar-refractivity contribution in [3.8, 4) is 0 Å². The van der Waals surface area contributed by atoms with Gasteiger partial charge in [0.25, 0.3) is 0 Å². The molecule has 0 unspecified atom stereocenters. The highest BCUT2D eigenvalue weighted by molar-refractivity contribution is 5.77. The van der Waals surface area contributed by atoms with Crippen molar-refractivity contribution >= 4 is 5.91 Å². The van der Waals surface area contributed by atoms with Gasteiger partial charge in [-0.05, 0) is 46.1 Å². The molecule has 0 saturated heterocycles. The number of hydrogen-bond donors (Lipinski definition) is 2. The summed E-state index contributed by atoms with van der Waals surface area (Å²) in [6.07, 6.45) is 3.66. The Labute approximate surface area is 108 Å². The summed E-state index contributed by atoms with van der Waals surface area (Å²) in [6.45, 7) is 8.58. The smallest absolute Gasteiger partial charge is 0.246 e. The van der Waals surface area contributed by atoms with Crippen LogP contribution in [0.2, 0.25) is 0 Å². The summed E-state index contributed by atoms with van der Waals surface area (Å²) in [5.74, 6) is -0.0613. The summed E-state index contributed by atoms with van der Waals surface area (Å²) >= 11 is 0. The van der Waals surface area contributed by atoms with E-state index in [9.17, 15) is 4.79 Å². The van der Waals surface area contributed by atoms with Gasteiger partial charge in [0.1, 0.15) is 6.61 Å². The molecular weight excluding hydrogens is 230 g/mol. The lowest BCUT2D eigenvalue weighted by Gasteiger charge is -2.18. The molecule has 5 heteroatoms. The number of aromatic amines is 1. The van der Waals surface area contributed by atoms with Gasteiger partial charge in [0, 0.05) is 12.2 Å². The molecule has 2 N–H and O–H groups in total. The maximum Gasteiger partial charge on any atom is 0.246 e. The van der Waals surface area contributed by atoms with Gasteiger partial charge in [0.15, 0.2) is 0 Å². The fourth-order valence-corrected chi connectivity index (χ4v) is 1.47. The summed E-state index contributed by atoms with van der Waals surface area (Å²) in [5.41, 5.74) is 2.03. The fraction of sp³-hybridized carbons (Fsp3) is 0.692. The zero-order chi connectivity index (χ0) is 13.6. The largest absolute Gasteiger partial charge is 0.366 e. The average Bonchev–Trinajstić information content (AvgIpc) is 2.67. The number of ether oxygens (including phenoxy) is 1. The Hall–Kier alpha value is -1.36. The van der Waals surface area contributed by atoms with E-state index < -0.39 is 0 Å². The molecule has 0 aromatic carbocycles. The summed E-state index contributed by atoms with van der Waals surface area (Å²) in [7, 11) is 0. The minimum atomic E-state index is -0.273. The van der Waals surface area contributed by atoms with Gasteiger partial charge in [-0.2, -0.15) is 5.10 Å². The van der Waals surface area contributed by atoms with Crippen molar-refractivity contribution in [3.63, 3.8) is 0 Å². The summed E-state index contributed by atoms with van der Waals surface area (Å²) in [5, 5.41) is 9.70. The van der Waals surface area contributed by atoms with E-state index in [0.717, 1.165) is 18.5 Å². The van der Waals surface area contributed by atoms with Crippen molar-refractivity contribution in [2.45, 2.75) is 46.1 Å². The molecule has 0 aliphatic carbocycles. The standard InChI is InChI=1S/C13H23N3O2/c1-10-11(8-15-16-10)6-5-7-14-12(17)9-18-13(2,3)4/h8H,5-7,9H2,1-4H3,(H,14,17)(H,15,16). The maximum absolute atomic E-state index is 11.5. The van der Waals surface area contributed by atoms with Crippen LogP contribution in [0.25, 0.3) is 0 Å². The van der Waals surface area contributed by atoms with Crippen LogP contribution in [0.5, 0.6) is 0 Å². The Morgan fingerprint density at radius 2 is 2.22 bits per heavy atom. The number of carbonyl (C=O) groups is 1. The quantitative estimate of drug-likeness (QED) is 0.756. The van der Waals surface area contributed by atoms with Crippen molar-refractivity contribution in [1.29, 1.82) is 0 Å². The second-order valence-electron chi connectivity index (χ2n) is 5.37. The number of nitrogens with one attached hydrogen (secondary N) is 2. The molecule has 1 rings (SSSR count). The molecule has 1 aromatic rings. The van der Waals surface area contributed by atoms with Crippen LogP contribution >= 0.6 is 0 Å². The molecule has 0 aliphatic rings. The van der Waals surface area contributed by atoms with Gasteiger partial charge in [-0.25, -0.2) is 0 Å². The van der Waals surface area contributed by atoms with Crippen LogP contribution in [-0.2, 0) is 16.0 Å². The second kappa shape index (κ2) is 6.54. The Morgan fingerprint density at radius 3 is 2.78 bits per heavy atom. The van der Waals surface area contributed by atoms with Crippen molar-refractivity contribution in [2.24, 2.45) is 0 Å². The predicted octanol–water partition coefficient (Wildman–Crippen LogP) is 1.58. The lowest BCUT2D eigenvalue weighted by atomic mass is 10.1. The molecule has 5 nitrogen and oxygen atoms in total. The van der Waals surface area contributed by atoms with Gasteiger partial charge < -0.3 is 10.1 Å². The van der Waals surface area contributed by atoms with Crippen LogP contribution in [0.3, 0.4) is 0 Å². The lowest BCUT2D eigenvalue weighted by molar-refractivity contribution is -0.130. The van der Waals surface area contributed by atoms with Crippen molar-refractivity contribution in [1.82, 2.24) is 15.5 Å². The maximum atomic E-state index is 11.5. The van der Waals surface area contributed by atoms with Crippen molar-refractivity contribution < 1.29 is 9.53 Å². The van der Waals surface area contributed by atoms with Crippen LogP contribution in [-0.4, -0.2) is 34.9 Å². The van der Waals surface area contributed by atoms with E-state index in [0.29, 0.717) is 6.54 Å². The minimum Gasteiger partial charge on any atom is -0.366 e. The topological polar surface area (TPSA) is 67.0 Å². The van der Waals surface area contributed by atoms with E-state index in [2.05, 4.69) is 15.5 Å². The van der Waals surface area contributed by atoms with Gasteiger partial charge in [-0.15, -0.1) is 0 Å². The van der Waals surface area contributed by atoms with Crippen molar-refractivity contribution in [2.75, 3.05) is 13.2 Å². The molecule has 0 saturated carbocycles. The number of hydrogen-bond acceptors (Lipinski definition) is 3. The van der Waals surface area contributed by atoms with E-state index >= 15 is 0 Å². The predicted molar refractivity (Wildman–Crippen MR) is 70.4 cm³/mol. The SMILES string of the molecule is Cc1[nH]ncc1CCCNC(=O)COC(C)(C)C. The second-order valence-corrected chi connectivity index (χ2v) is 5.37. The molecule has 0 aliphatic heterocycles. The highest BCUT2D eigenvalue weighted by atomic mass is 16.5. The summed E-state index contributed by atoms with van der Waals surface area (Å²) in [6, 6.07) is 0. The van der Waals surface area contributed by atoms with E-state index in [-0.39, 0.29) is 18.1 Å². The number of rotatable bonds is 6. The average molecular weight is 253 g/mol. The Balaban J connectivity index is 2.11. The van der Waals surface area contributed by atoms with Crippen LogP contribution in [0.4, 0.5) is 0 Å². The van der Waals surface area contributed by atoms with Crippen LogP contribution in [0.15, 0.2) is 6.20 Å². The van der Waals surface area contributed by atoms with E-state index in [1.165, 1.54) is 5.56 Å². The molecule has 102 valence electrons. The monoisotopic (exact) mass is 253 g/mol. The van der Waals surface area contributed by atoms with Gasteiger partial charge in [0.2, 0.25) is 5.91 Å². The molecule has 0 fully saturated rings. The first-order chi connectivity index (χ1) is 8.38. The van der Waals surface area contributed by atoms with Gasteiger partial charge in [-0.1, -0.05) is 0 Å². The normalized spacial score (nSPS) is 11.6. The number of amides is 1. The Kier molecular flexibility index (Phi) is 5.34. The molecule has 18 heavy (non-hydrogen) atoms. The first-order valence-corrected chi connectivity index (χ1v) is 6.28.